The molecule has 5 amide bonds. The molecule has 0 spiro atoms. The zero-order chi connectivity index (χ0) is 47.7. The number of carboxylic acids is 1. The van der Waals surface area contributed by atoms with Gasteiger partial charge in [-0.3, -0.25) is 43.9 Å². The number of amides is 5. The van der Waals surface area contributed by atoms with Gasteiger partial charge in [0.15, 0.2) is 17.0 Å². The van der Waals surface area contributed by atoms with Crippen molar-refractivity contribution in [2.24, 2.45) is 5.92 Å². The summed E-state index contributed by atoms with van der Waals surface area (Å²) >= 11 is 12.5. The highest BCUT2D eigenvalue weighted by Crippen LogP contribution is 2.40. The van der Waals surface area contributed by atoms with Crippen LogP contribution in [0.5, 0.6) is 0 Å². The lowest BCUT2D eigenvalue weighted by atomic mass is 9.86. The van der Waals surface area contributed by atoms with E-state index in [1.165, 1.54) is 18.5 Å². The molecule has 2 bridgehead atoms. The highest BCUT2D eigenvalue weighted by molar-refractivity contribution is 6.39. The second kappa shape index (κ2) is 18.1. The summed E-state index contributed by atoms with van der Waals surface area (Å²) in [7, 11) is 0. The Hall–Kier alpha value is -6.51. The first-order valence-corrected chi connectivity index (χ1v) is 24.1. The van der Waals surface area contributed by atoms with E-state index >= 15 is 0 Å². The minimum absolute atomic E-state index is 0.00588. The summed E-state index contributed by atoms with van der Waals surface area (Å²) in [6, 6.07) is 15.6. The lowest BCUT2D eigenvalue weighted by Crippen LogP contribution is -2.70. The van der Waals surface area contributed by atoms with Gasteiger partial charge in [-0.1, -0.05) is 35.3 Å². The Morgan fingerprint density at radius 1 is 0.841 bits per heavy atom. The highest BCUT2D eigenvalue weighted by atomic mass is 35.5. The Morgan fingerprint density at radius 3 is 2.28 bits per heavy atom. The van der Waals surface area contributed by atoms with Crippen LogP contribution in [0.1, 0.15) is 93.7 Å². The monoisotopic (exact) mass is 974 g/mol. The molecular formula is C48H48Cl2N12O7. The number of nitrogens with zero attached hydrogens (tertiary/aromatic N) is 9. The molecule has 8 heterocycles. The second-order valence-electron chi connectivity index (χ2n) is 18.6. The average molecular weight is 976 g/mol. The van der Waals surface area contributed by atoms with Gasteiger partial charge in [-0.25, -0.2) is 25.0 Å². The van der Waals surface area contributed by atoms with Crippen LogP contribution in [-0.4, -0.2) is 137 Å². The SMILES string of the molecule is O=C1CC[C@H](N2C(=O)c3ccc([C@@H](C(=O)O)N4[C@@H](CC5CCN(c6ccc(Nc7ncnc8c7ncn8C7CC(NC(=O)c8c(Cl)cccc8Cl)C7)cc6)CC5)N5CCN4CC5)cc3C2=O)C(=O)N1. The first-order valence-electron chi connectivity index (χ1n) is 23.3. The number of carbonyl (C=O) groups excluding carboxylic acids is 5. The number of carboxylic acid groups (broad SMARTS) is 1. The topological polar surface area (TPSA) is 219 Å². The molecule has 6 aliphatic heterocycles. The molecule has 5 aromatic rings. The van der Waals surface area contributed by atoms with Crippen LogP contribution in [0.15, 0.2) is 73.3 Å². The van der Waals surface area contributed by atoms with E-state index < -0.39 is 41.7 Å². The Bertz CT molecular complexity index is 2890. The zero-order valence-electron chi connectivity index (χ0n) is 37.3. The summed E-state index contributed by atoms with van der Waals surface area (Å²) < 4.78 is 2.03. The van der Waals surface area contributed by atoms with E-state index in [0.29, 0.717) is 64.4 Å². The molecule has 3 aromatic carbocycles. The number of imidazole rings is 1. The average Bonchev–Trinajstić information content (AvgIpc) is 3.86. The second-order valence-corrected chi connectivity index (χ2v) is 19.4. The Balaban J connectivity index is 0.715. The summed E-state index contributed by atoms with van der Waals surface area (Å²) in [6.07, 6.45) is 7.16. The van der Waals surface area contributed by atoms with E-state index in [-0.39, 0.29) is 53.7 Å². The third kappa shape index (κ3) is 8.24. The smallest absolute Gasteiger partial charge is 0.327 e. The Labute approximate surface area is 405 Å². The number of piperazine rings is 1. The molecule has 19 nitrogen and oxygen atoms in total. The van der Waals surface area contributed by atoms with Gasteiger partial charge in [-0.15, -0.1) is 0 Å². The quantitative estimate of drug-likeness (QED) is 0.121. The summed E-state index contributed by atoms with van der Waals surface area (Å²) in [5.41, 5.74) is 4.11. The first-order chi connectivity index (χ1) is 33.4. The number of benzene rings is 3. The van der Waals surface area contributed by atoms with Gasteiger partial charge in [0.05, 0.1) is 39.2 Å². The number of imide groups is 2. The van der Waals surface area contributed by atoms with Gasteiger partial charge in [0, 0.05) is 69.1 Å². The molecule has 5 saturated heterocycles. The number of halogens is 2. The molecule has 356 valence electrons. The molecule has 0 radical (unpaired) electrons. The summed E-state index contributed by atoms with van der Waals surface area (Å²) in [5, 5.41) is 24.2. The summed E-state index contributed by atoms with van der Waals surface area (Å²) in [6.45, 7) is 4.66. The molecule has 6 fully saturated rings. The van der Waals surface area contributed by atoms with E-state index in [1.807, 2.05) is 21.7 Å². The number of aromatic nitrogens is 4. The zero-order valence-corrected chi connectivity index (χ0v) is 38.8. The third-order valence-electron chi connectivity index (χ3n) is 14.7. The van der Waals surface area contributed by atoms with Crippen LogP contribution < -0.4 is 20.9 Å². The van der Waals surface area contributed by atoms with Gasteiger partial charge in [0.2, 0.25) is 11.8 Å². The van der Waals surface area contributed by atoms with Crippen molar-refractivity contribution in [3.8, 4) is 0 Å². The van der Waals surface area contributed by atoms with Crippen LogP contribution in [0.3, 0.4) is 0 Å². The predicted molar refractivity (Wildman–Crippen MR) is 253 cm³/mol. The standard InChI is InChI=1S/C48H48Cl2N12O7/c49-34-2-1-3-35(50)39(34)45(65)55-29-22-31(23-29)60-25-53-40-42(51-24-52-43(40)60)54-28-5-7-30(8-6-28)57-14-12-26(13-15-57)20-38-58-16-18-59(19-17-58)62(38)41(48(68)69)27-4-9-32-33(21-27)47(67)61(46(32)66)36-10-11-37(63)56-44(36)64/h1-9,21,24-26,29,31,36,38,41H,10-20,22-23H2,(H,55,65)(H,68,69)(H,51,52,54)(H,56,63,64)/t29?,31?,36-,38-,41-/m0/s1. The van der Waals surface area contributed by atoms with Crippen molar-refractivity contribution in [3.05, 3.63) is 106 Å². The Kier molecular flexibility index (Phi) is 11.8. The van der Waals surface area contributed by atoms with Crippen LogP contribution in [-0.2, 0) is 14.4 Å². The van der Waals surface area contributed by atoms with Gasteiger partial charge in [0.25, 0.3) is 17.7 Å². The minimum atomic E-state index is -1.12. The van der Waals surface area contributed by atoms with Gasteiger partial charge in [-0.05, 0) is 98.5 Å². The van der Waals surface area contributed by atoms with Crippen molar-refractivity contribution in [1.82, 2.24) is 50.0 Å². The number of anilines is 3. The van der Waals surface area contributed by atoms with Crippen LogP contribution in [0, 0.1) is 5.92 Å². The van der Waals surface area contributed by atoms with E-state index in [9.17, 15) is 33.9 Å². The number of nitrogens with one attached hydrogen (secondary N) is 3. The molecule has 12 rings (SSSR count). The van der Waals surface area contributed by atoms with E-state index in [4.69, 9.17) is 23.2 Å². The van der Waals surface area contributed by atoms with Gasteiger partial charge in [0.1, 0.15) is 18.4 Å². The molecule has 4 N–H and O–H groups in total. The number of rotatable bonds is 12. The normalized spacial score (nSPS) is 25.4. The summed E-state index contributed by atoms with van der Waals surface area (Å²) in [4.78, 5) is 97.1. The van der Waals surface area contributed by atoms with Crippen molar-refractivity contribution in [3.63, 3.8) is 0 Å². The molecule has 2 aromatic heterocycles. The lowest BCUT2D eigenvalue weighted by Gasteiger charge is -2.57. The molecule has 1 aliphatic carbocycles. The molecule has 1 saturated carbocycles. The van der Waals surface area contributed by atoms with Gasteiger partial charge in [-0.2, -0.15) is 0 Å². The van der Waals surface area contributed by atoms with Crippen molar-refractivity contribution < 1.29 is 33.9 Å². The van der Waals surface area contributed by atoms with Crippen molar-refractivity contribution in [2.75, 3.05) is 49.5 Å². The van der Waals surface area contributed by atoms with Gasteiger partial charge >= 0.3 is 5.97 Å². The number of aliphatic carboxylic acids is 1. The maximum atomic E-state index is 13.7. The largest absolute Gasteiger partial charge is 0.480 e. The fourth-order valence-electron chi connectivity index (χ4n) is 11.0. The third-order valence-corrected chi connectivity index (χ3v) is 15.3. The van der Waals surface area contributed by atoms with Crippen LogP contribution in [0.25, 0.3) is 11.2 Å². The van der Waals surface area contributed by atoms with Gasteiger partial charge < -0.3 is 25.2 Å². The number of hydrogen-bond donors (Lipinski definition) is 4. The minimum Gasteiger partial charge on any atom is -0.480 e. The molecule has 0 unspecified atom stereocenters. The number of hydrogen-bond acceptors (Lipinski definition) is 14. The maximum Gasteiger partial charge on any atom is 0.327 e. The summed E-state index contributed by atoms with van der Waals surface area (Å²) in [5.74, 6) is -2.90. The molecule has 69 heavy (non-hydrogen) atoms. The number of piperidine rings is 2. The molecule has 3 atom stereocenters. The predicted octanol–water partition coefficient (Wildman–Crippen LogP) is 5.02. The number of fused-ring (bicyclic) bond motifs is 5. The van der Waals surface area contributed by atoms with E-state index in [1.54, 1.807) is 30.6 Å². The van der Waals surface area contributed by atoms with Crippen molar-refractivity contribution >= 4 is 87.1 Å². The molecular weight excluding hydrogens is 928 g/mol. The first kappa shape index (κ1) is 45.0. The maximum absolute atomic E-state index is 13.7. The highest BCUT2D eigenvalue weighted by Gasteiger charge is 2.49. The molecule has 21 heteroatoms. The van der Waals surface area contributed by atoms with Crippen LogP contribution in [0.4, 0.5) is 17.2 Å². The Morgan fingerprint density at radius 2 is 1.57 bits per heavy atom. The van der Waals surface area contributed by atoms with Crippen molar-refractivity contribution in [2.45, 2.75) is 75.3 Å². The fraction of sp³-hybridized carbons (Fsp3) is 0.396. The molecule has 7 aliphatic rings. The number of carbonyl (C=O) groups is 6. The van der Waals surface area contributed by atoms with E-state index in [0.717, 1.165) is 61.7 Å². The fourth-order valence-corrected chi connectivity index (χ4v) is 11.6. The number of hydrazine groups is 1. The van der Waals surface area contributed by atoms with E-state index in [2.05, 4.69) is 57.8 Å². The van der Waals surface area contributed by atoms with Crippen LogP contribution >= 0.6 is 23.2 Å². The van der Waals surface area contributed by atoms with Crippen molar-refractivity contribution in [1.29, 1.82) is 0 Å². The van der Waals surface area contributed by atoms with Crippen LogP contribution in [0.2, 0.25) is 10.0 Å². The lowest BCUT2D eigenvalue weighted by molar-refractivity contribution is -0.226.